The highest BCUT2D eigenvalue weighted by molar-refractivity contribution is 9.10. The SMILES string of the molecule is Cc1cc(C(=O)Nc2cccc(C)c2Br)co1. The number of aryl methyl sites for hydroxylation is 2. The van der Waals surface area contributed by atoms with E-state index in [1.54, 1.807) is 13.0 Å². The first kappa shape index (κ1) is 11.9. The Balaban J connectivity index is 2.21. The minimum absolute atomic E-state index is 0.173. The van der Waals surface area contributed by atoms with Gasteiger partial charge in [-0.25, -0.2) is 0 Å². The number of rotatable bonds is 2. The molecule has 0 aliphatic rings. The molecular formula is C13H12BrNO2. The standard InChI is InChI=1S/C13H12BrNO2/c1-8-4-3-5-11(12(8)14)15-13(16)10-6-9(2)17-7-10/h3-7H,1-2H3,(H,15,16). The Morgan fingerprint density at radius 2 is 2.12 bits per heavy atom. The van der Waals surface area contributed by atoms with Crippen LogP contribution in [0.4, 0.5) is 5.69 Å². The van der Waals surface area contributed by atoms with Crippen molar-refractivity contribution in [3.63, 3.8) is 0 Å². The molecule has 0 bridgehead atoms. The number of halogens is 1. The van der Waals surface area contributed by atoms with Crippen LogP contribution in [-0.4, -0.2) is 5.91 Å². The first-order chi connectivity index (χ1) is 8.08. The smallest absolute Gasteiger partial charge is 0.258 e. The first-order valence-electron chi connectivity index (χ1n) is 5.19. The zero-order valence-electron chi connectivity index (χ0n) is 9.58. The monoisotopic (exact) mass is 293 g/mol. The summed E-state index contributed by atoms with van der Waals surface area (Å²) in [6, 6.07) is 7.43. The molecule has 0 aliphatic carbocycles. The van der Waals surface area contributed by atoms with E-state index in [1.807, 2.05) is 25.1 Å². The summed E-state index contributed by atoms with van der Waals surface area (Å²) in [5, 5.41) is 2.83. The van der Waals surface area contributed by atoms with Crippen molar-refractivity contribution in [2.75, 3.05) is 5.32 Å². The fraction of sp³-hybridized carbons (Fsp3) is 0.154. The van der Waals surface area contributed by atoms with Crippen LogP contribution in [0.25, 0.3) is 0 Å². The molecule has 3 nitrogen and oxygen atoms in total. The van der Waals surface area contributed by atoms with E-state index in [1.165, 1.54) is 6.26 Å². The zero-order valence-corrected chi connectivity index (χ0v) is 11.2. The Morgan fingerprint density at radius 3 is 2.76 bits per heavy atom. The van der Waals surface area contributed by atoms with Crippen molar-refractivity contribution in [1.82, 2.24) is 0 Å². The number of hydrogen-bond acceptors (Lipinski definition) is 2. The van der Waals surface area contributed by atoms with E-state index in [0.29, 0.717) is 5.56 Å². The molecule has 0 spiro atoms. The summed E-state index contributed by atoms with van der Waals surface area (Å²) in [5.41, 5.74) is 2.36. The molecule has 2 rings (SSSR count). The Hall–Kier alpha value is -1.55. The Labute approximate surface area is 108 Å². The highest BCUT2D eigenvalue weighted by atomic mass is 79.9. The summed E-state index contributed by atoms with van der Waals surface area (Å²) < 4.78 is 6.00. The van der Waals surface area contributed by atoms with Gasteiger partial charge in [0.15, 0.2) is 0 Å². The van der Waals surface area contributed by atoms with Gasteiger partial charge in [0.1, 0.15) is 12.0 Å². The van der Waals surface area contributed by atoms with E-state index in [0.717, 1.165) is 21.5 Å². The predicted octanol–water partition coefficient (Wildman–Crippen LogP) is 3.91. The van der Waals surface area contributed by atoms with Crippen LogP contribution in [0, 0.1) is 13.8 Å². The van der Waals surface area contributed by atoms with Gasteiger partial charge >= 0.3 is 0 Å². The molecule has 0 atom stereocenters. The molecule has 4 heteroatoms. The maximum absolute atomic E-state index is 11.9. The highest BCUT2D eigenvalue weighted by Gasteiger charge is 2.11. The van der Waals surface area contributed by atoms with E-state index >= 15 is 0 Å². The lowest BCUT2D eigenvalue weighted by molar-refractivity contribution is 0.102. The Morgan fingerprint density at radius 1 is 1.35 bits per heavy atom. The fourth-order valence-electron chi connectivity index (χ4n) is 1.50. The van der Waals surface area contributed by atoms with Crippen molar-refractivity contribution >= 4 is 27.5 Å². The minimum atomic E-state index is -0.173. The number of carbonyl (C=O) groups is 1. The summed E-state index contributed by atoms with van der Waals surface area (Å²) in [5.74, 6) is 0.548. The molecule has 0 fully saturated rings. The molecule has 1 aromatic carbocycles. The summed E-state index contributed by atoms with van der Waals surface area (Å²) >= 11 is 3.45. The molecule has 0 saturated carbocycles. The van der Waals surface area contributed by atoms with Gasteiger partial charge < -0.3 is 9.73 Å². The van der Waals surface area contributed by atoms with Crippen molar-refractivity contribution in [2.24, 2.45) is 0 Å². The van der Waals surface area contributed by atoms with Crippen molar-refractivity contribution in [1.29, 1.82) is 0 Å². The number of hydrogen-bond donors (Lipinski definition) is 1. The van der Waals surface area contributed by atoms with E-state index in [4.69, 9.17) is 4.42 Å². The van der Waals surface area contributed by atoms with Gasteiger partial charge in [-0.2, -0.15) is 0 Å². The van der Waals surface area contributed by atoms with Crippen LogP contribution in [0.1, 0.15) is 21.7 Å². The number of amides is 1. The summed E-state index contributed by atoms with van der Waals surface area (Å²) in [4.78, 5) is 11.9. The molecule has 1 aromatic heterocycles. The van der Waals surface area contributed by atoms with Crippen LogP contribution >= 0.6 is 15.9 Å². The largest absolute Gasteiger partial charge is 0.469 e. The van der Waals surface area contributed by atoms with Crippen LogP contribution in [0.3, 0.4) is 0 Å². The number of nitrogens with one attached hydrogen (secondary N) is 1. The van der Waals surface area contributed by atoms with Crippen LogP contribution in [0.15, 0.2) is 39.4 Å². The van der Waals surface area contributed by atoms with Gasteiger partial charge in [-0.15, -0.1) is 0 Å². The van der Waals surface area contributed by atoms with Gasteiger partial charge in [-0.05, 0) is 47.5 Å². The second-order valence-corrected chi connectivity index (χ2v) is 4.63. The van der Waals surface area contributed by atoms with Gasteiger partial charge in [0.2, 0.25) is 0 Å². The maximum Gasteiger partial charge on any atom is 0.258 e. The highest BCUT2D eigenvalue weighted by Crippen LogP contribution is 2.26. The first-order valence-corrected chi connectivity index (χ1v) is 5.99. The molecule has 1 N–H and O–H groups in total. The molecule has 1 heterocycles. The van der Waals surface area contributed by atoms with Gasteiger partial charge in [0, 0.05) is 4.47 Å². The molecule has 0 saturated heterocycles. The third-order valence-electron chi connectivity index (χ3n) is 2.43. The lowest BCUT2D eigenvalue weighted by Crippen LogP contribution is -2.11. The molecule has 88 valence electrons. The van der Waals surface area contributed by atoms with Crippen molar-refractivity contribution in [3.8, 4) is 0 Å². The van der Waals surface area contributed by atoms with Gasteiger partial charge in [0.25, 0.3) is 5.91 Å². The second kappa shape index (κ2) is 4.75. The second-order valence-electron chi connectivity index (χ2n) is 3.84. The molecule has 0 aliphatic heterocycles. The van der Waals surface area contributed by atoms with E-state index < -0.39 is 0 Å². The Kier molecular flexibility index (Phi) is 3.33. The molecule has 0 unspecified atom stereocenters. The summed E-state index contributed by atoms with van der Waals surface area (Å²) in [6.07, 6.45) is 1.45. The average Bonchev–Trinajstić information content (AvgIpc) is 2.72. The molecule has 2 aromatic rings. The average molecular weight is 294 g/mol. The Bertz CT molecular complexity index is 560. The molecule has 17 heavy (non-hydrogen) atoms. The lowest BCUT2D eigenvalue weighted by Gasteiger charge is -2.07. The maximum atomic E-state index is 11.9. The van der Waals surface area contributed by atoms with Crippen molar-refractivity contribution in [2.45, 2.75) is 13.8 Å². The van der Waals surface area contributed by atoms with Gasteiger partial charge in [0.05, 0.1) is 11.3 Å². The number of carbonyl (C=O) groups excluding carboxylic acids is 1. The quantitative estimate of drug-likeness (QED) is 0.912. The molecule has 0 radical (unpaired) electrons. The van der Waals surface area contributed by atoms with E-state index in [9.17, 15) is 4.79 Å². The predicted molar refractivity (Wildman–Crippen MR) is 70.3 cm³/mol. The van der Waals surface area contributed by atoms with Crippen LogP contribution < -0.4 is 5.32 Å². The molecule has 1 amide bonds. The minimum Gasteiger partial charge on any atom is -0.469 e. The van der Waals surface area contributed by atoms with Crippen LogP contribution in [0.5, 0.6) is 0 Å². The number of anilines is 1. The summed E-state index contributed by atoms with van der Waals surface area (Å²) in [7, 11) is 0. The normalized spacial score (nSPS) is 10.3. The lowest BCUT2D eigenvalue weighted by atomic mass is 10.2. The zero-order chi connectivity index (χ0) is 12.4. The summed E-state index contributed by atoms with van der Waals surface area (Å²) in [6.45, 7) is 3.78. The van der Waals surface area contributed by atoms with Crippen LogP contribution in [-0.2, 0) is 0 Å². The molecular weight excluding hydrogens is 282 g/mol. The third kappa shape index (κ3) is 2.58. The van der Waals surface area contributed by atoms with Crippen molar-refractivity contribution in [3.05, 3.63) is 51.9 Å². The fourth-order valence-corrected chi connectivity index (χ4v) is 1.86. The van der Waals surface area contributed by atoms with E-state index in [-0.39, 0.29) is 5.91 Å². The topological polar surface area (TPSA) is 42.2 Å². The van der Waals surface area contributed by atoms with Gasteiger partial charge in [-0.1, -0.05) is 12.1 Å². The number of furan rings is 1. The van der Waals surface area contributed by atoms with Crippen LogP contribution in [0.2, 0.25) is 0 Å². The third-order valence-corrected chi connectivity index (χ3v) is 3.49. The van der Waals surface area contributed by atoms with Crippen molar-refractivity contribution < 1.29 is 9.21 Å². The van der Waals surface area contributed by atoms with E-state index in [2.05, 4.69) is 21.2 Å². The number of benzene rings is 1. The van der Waals surface area contributed by atoms with Gasteiger partial charge in [-0.3, -0.25) is 4.79 Å².